The van der Waals surface area contributed by atoms with Gasteiger partial charge in [-0.05, 0) is 29.8 Å². The Morgan fingerprint density at radius 2 is 1.83 bits per heavy atom. The second-order valence-electron chi connectivity index (χ2n) is 6.40. The molecule has 0 aliphatic rings. The average molecular weight is 427 g/mol. The Labute approximate surface area is 178 Å². The van der Waals surface area contributed by atoms with Gasteiger partial charge in [-0.3, -0.25) is 14.9 Å². The molecular formula is C22H19ClN2O5. The van der Waals surface area contributed by atoms with Crippen molar-refractivity contribution in [2.45, 2.75) is 13.2 Å². The maximum absolute atomic E-state index is 12.8. The number of nitrogens with zero attached hydrogens (tertiary/aromatic N) is 1. The van der Waals surface area contributed by atoms with Gasteiger partial charge in [-0.2, -0.15) is 0 Å². The molecular weight excluding hydrogens is 408 g/mol. The van der Waals surface area contributed by atoms with Crippen molar-refractivity contribution in [3.05, 3.63) is 98.6 Å². The molecule has 3 aromatic rings. The first-order chi connectivity index (χ1) is 14.5. The number of anilines is 1. The van der Waals surface area contributed by atoms with Crippen molar-refractivity contribution in [1.29, 1.82) is 0 Å². The van der Waals surface area contributed by atoms with Crippen molar-refractivity contribution in [2.24, 2.45) is 0 Å². The summed E-state index contributed by atoms with van der Waals surface area (Å²) < 4.78 is 10.9. The number of nitro groups is 1. The molecule has 3 aromatic carbocycles. The number of amides is 1. The molecule has 0 saturated carbocycles. The lowest BCUT2D eigenvalue weighted by Gasteiger charge is -2.14. The number of nitro benzene ring substituents is 1. The van der Waals surface area contributed by atoms with Crippen LogP contribution in [0.25, 0.3) is 0 Å². The molecule has 1 N–H and O–H groups in total. The van der Waals surface area contributed by atoms with E-state index >= 15 is 0 Å². The summed E-state index contributed by atoms with van der Waals surface area (Å²) in [6.45, 7) is 0.323. The Kier molecular flexibility index (Phi) is 7.00. The third-order valence-corrected chi connectivity index (χ3v) is 4.50. The SMILES string of the molecule is COCc1cc(C(=O)Nc2ccc(Cl)cc2OCc2ccccc2)ccc1[N+](=O)[O-]. The fraction of sp³-hybridized carbons (Fsp3) is 0.136. The molecule has 0 spiro atoms. The molecule has 0 aliphatic carbocycles. The average Bonchev–Trinajstić information content (AvgIpc) is 2.74. The Morgan fingerprint density at radius 1 is 1.07 bits per heavy atom. The molecule has 0 radical (unpaired) electrons. The van der Waals surface area contributed by atoms with Gasteiger partial charge in [0.1, 0.15) is 12.4 Å². The minimum Gasteiger partial charge on any atom is -0.487 e. The maximum Gasteiger partial charge on any atom is 0.274 e. The molecule has 30 heavy (non-hydrogen) atoms. The lowest BCUT2D eigenvalue weighted by atomic mass is 10.1. The van der Waals surface area contributed by atoms with Crippen LogP contribution < -0.4 is 10.1 Å². The van der Waals surface area contributed by atoms with Crippen LogP contribution in [0.5, 0.6) is 5.75 Å². The van der Waals surface area contributed by atoms with Gasteiger partial charge in [0.05, 0.1) is 22.8 Å². The first kappa shape index (κ1) is 21.3. The molecule has 7 nitrogen and oxygen atoms in total. The van der Waals surface area contributed by atoms with Gasteiger partial charge >= 0.3 is 0 Å². The molecule has 154 valence electrons. The summed E-state index contributed by atoms with van der Waals surface area (Å²) in [5, 5.41) is 14.4. The summed E-state index contributed by atoms with van der Waals surface area (Å²) in [6.07, 6.45) is 0. The first-order valence-corrected chi connectivity index (χ1v) is 9.39. The Hall–Kier alpha value is -3.42. The van der Waals surface area contributed by atoms with Gasteiger partial charge in [-0.15, -0.1) is 0 Å². The van der Waals surface area contributed by atoms with Gasteiger partial charge < -0.3 is 14.8 Å². The van der Waals surface area contributed by atoms with Crippen LogP contribution in [-0.4, -0.2) is 17.9 Å². The predicted octanol–water partition coefficient (Wildman–Crippen LogP) is 5.23. The number of carbonyl (C=O) groups excluding carboxylic acids is 1. The van der Waals surface area contributed by atoms with Crippen molar-refractivity contribution < 1.29 is 19.2 Å². The topological polar surface area (TPSA) is 90.7 Å². The van der Waals surface area contributed by atoms with Gasteiger partial charge in [0.2, 0.25) is 0 Å². The third kappa shape index (κ3) is 5.34. The summed E-state index contributed by atoms with van der Waals surface area (Å²) in [7, 11) is 1.43. The zero-order chi connectivity index (χ0) is 21.5. The molecule has 3 rings (SSSR count). The van der Waals surface area contributed by atoms with Crippen molar-refractivity contribution in [3.8, 4) is 5.75 Å². The van der Waals surface area contributed by atoms with Gasteiger partial charge in [-0.25, -0.2) is 0 Å². The molecule has 0 fully saturated rings. The predicted molar refractivity (Wildman–Crippen MR) is 114 cm³/mol. The van der Waals surface area contributed by atoms with E-state index in [-0.39, 0.29) is 17.9 Å². The number of benzene rings is 3. The summed E-state index contributed by atoms with van der Waals surface area (Å²) in [4.78, 5) is 23.4. The largest absolute Gasteiger partial charge is 0.487 e. The molecule has 0 unspecified atom stereocenters. The van der Waals surface area contributed by atoms with E-state index in [2.05, 4.69) is 5.32 Å². The summed E-state index contributed by atoms with van der Waals surface area (Å²) in [5.74, 6) is -0.0205. The van der Waals surface area contributed by atoms with Crippen LogP contribution >= 0.6 is 11.6 Å². The lowest BCUT2D eigenvalue weighted by Crippen LogP contribution is -2.14. The third-order valence-electron chi connectivity index (χ3n) is 4.27. The molecule has 0 aromatic heterocycles. The number of ether oxygens (including phenoxy) is 2. The van der Waals surface area contributed by atoms with Crippen LogP contribution in [0.4, 0.5) is 11.4 Å². The van der Waals surface area contributed by atoms with E-state index < -0.39 is 10.8 Å². The van der Waals surface area contributed by atoms with E-state index in [1.165, 1.54) is 25.3 Å². The monoisotopic (exact) mass is 426 g/mol. The Bertz CT molecular complexity index is 1060. The minimum atomic E-state index is -0.509. The first-order valence-electron chi connectivity index (χ1n) is 9.02. The molecule has 8 heteroatoms. The fourth-order valence-electron chi connectivity index (χ4n) is 2.82. The second-order valence-corrected chi connectivity index (χ2v) is 6.84. The Balaban J connectivity index is 1.81. The zero-order valence-corrected chi connectivity index (χ0v) is 16.9. The van der Waals surface area contributed by atoms with Gasteiger partial charge in [-0.1, -0.05) is 41.9 Å². The van der Waals surface area contributed by atoms with Crippen molar-refractivity contribution >= 4 is 28.9 Å². The van der Waals surface area contributed by atoms with E-state index in [0.717, 1.165) is 5.56 Å². The second kappa shape index (κ2) is 9.87. The number of halogens is 1. The number of hydrogen-bond acceptors (Lipinski definition) is 5. The quantitative estimate of drug-likeness (QED) is 0.393. The van der Waals surface area contributed by atoms with E-state index in [1.54, 1.807) is 18.2 Å². The summed E-state index contributed by atoms with van der Waals surface area (Å²) in [6, 6.07) is 18.6. The highest BCUT2D eigenvalue weighted by atomic mass is 35.5. The summed E-state index contributed by atoms with van der Waals surface area (Å²) in [5.41, 5.74) is 1.87. The van der Waals surface area contributed by atoms with E-state index in [9.17, 15) is 14.9 Å². The molecule has 0 bridgehead atoms. The van der Waals surface area contributed by atoms with Crippen LogP contribution in [0.3, 0.4) is 0 Å². The van der Waals surface area contributed by atoms with Crippen LogP contribution in [0, 0.1) is 10.1 Å². The lowest BCUT2D eigenvalue weighted by molar-refractivity contribution is -0.385. The van der Waals surface area contributed by atoms with Gasteiger partial charge in [0.25, 0.3) is 11.6 Å². The highest BCUT2D eigenvalue weighted by molar-refractivity contribution is 6.30. The van der Waals surface area contributed by atoms with Crippen molar-refractivity contribution in [1.82, 2.24) is 0 Å². The van der Waals surface area contributed by atoms with Crippen LogP contribution in [-0.2, 0) is 18.0 Å². The smallest absolute Gasteiger partial charge is 0.274 e. The van der Waals surface area contributed by atoms with Gasteiger partial charge in [0, 0.05) is 29.8 Å². The van der Waals surface area contributed by atoms with Crippen LogP contribution in [0.15, 0.2) is 66.7 Å². The van der Waals surface area contributed by atoms with E-state index in [0.29, 0.717) is 28.6 Å². The minimum absolute atomic E-state index is 0.0177. The van der Waals surface area contributed by atoms with Crippen molar-refractivity contribution in [2.75, 3.05) is 12.4 Å². The molecule has 1 amide bonds. The zero-order valence-electron chi connectivity index (χ0n) is 16.1. The van der Waals surface area contributed by atoms with E-state index in [1.807, 2.05) is 30.3 Å². The molecule has 0 atom stereocenters. The summed E-state index contributed by atoms with van der Waals surface area (Å²) >= 11 is 6.08. The highest BCUT2D eigenvalue weighted by Crippen LogP contribution is 2.30. The number of rotatable bonds is 8. The van der Waals surface area contributed by atoms with Gasteiger partial charge in [0.15, 0.2) is 0 Å². The number of carbonyl (C=O) groups is 1. The number of methoxy groups -OCH3 is 1. The fourth-order valence-corrected chi connectivity index (χ4v) is 2.99. The maximum atomic E-state index is 12.8. The highest BCUT2D eigenvalue weighted by Gasteiger charge is 2.18. The molecule has 0 saturated heterocycles. The molecule has 0 heterocycles. The van der Waals surface area contributed by atoms with E-state index in [4.69, 9.17) is 21.1 Å². The normalized spacial score (nSPS) is 10.5. The Morgan fingerprint density at radius 3 is 2.53 bits per heavy atom. The number of nitrogens with one attached hydrogen (secondary N) is 1. The van der Waals surface area contributed by atoms with Crippen molar-refractivity contribution in [3.63, 3.8) is 0 Å². The van der Waals surface area contributed by atoms with Crippen LogP contribution in [0.1, 0.15) is 21.5 Å². The number of hydrogen-bond donors (Lipinski definition) is 1. The van der Waals surface area contributed by atoms with Crippen LogP contribution in [0.2, 0.25) is 5.02 Å². The standard InChI is InChI=1S/C22H19ClN2O5/c1-29-14-17-11-16(7-10-20(17)25(27)28)22(26)24-19-9-8-18(23)12-21(19)30-13-15-5-3-2-4-6-15/h2-12H,13-14H2,1H3,(H,24,26). The molecule has 0 aliphatic heterocycles.